The normalized spacial score (nSPS) is 25.7. The molecular formula is C15H25NS. The fourth-order valence-corrected chi connectivity index (χ4v) is 3.81. The first-order chi connectivity index (χ1) is 8.13. The molecule has 1 aliphatic carbocycles. The van der Waals surface area contributed by atoms with Crippen molar-refractivity contribution >= 4 is 11.3 Å². The molecule has 0 aliphatic heterocycles. The Labute approximate surface area is 110 Å². The third kappa shape index (κ3) is 3.11. The van der Waals surface area contributed by atoms with Crippen molar-refractivity contribution in [3.05, 3.63) is 22.4 Å². The van der Waals surface area contributed by atoms with Gasteiger partial charge < -0.3 is 5.32 Å². The molecule has 96 valence electrons. The zero-order valence-electron chi connectivity index (χ0n) is 11.3. The third-order valence-electron chi connectivity index (χ3n) is 4.20. The lowest BCUT2D eigenvalue weighted by molar-refractivity contribution is 0.155. The first-order valence-electron chi connectivity index (χ1n) is 6.93. The Hall–Kier alpha value is -0.340. The number of rotatable bonds is 4. The predicted molar refractivity (Wildman–Crippen MR) is 76.5 cm³/mol. The van der Waals surface area contributed by atoms with E-state index >= 15 is 0 Å². The van der Waals surface area contributed by atoms with Gasteiger partial charge in [0, 0.05) is 17.0 Å². The average Bonchev–Trinajstić information content (AvgIpc) is 2.80. The summed E-state index contributed by atoms with van der Waals surface area (Å²) in [6.07, 6.45) is 6.69. The first-order valence-corrected chi connectivity index (χ1v) is 7.81. The van der Waals surface area contributed by atoms with Crippen LogP contribution in [0.4, 0.5) is 0 Å². The van der Waals surface area contributed by atoms with Crippen LogP contribution < -0.4 is 5.32 Å². The highest BCUT2D eigenvalue weighted by atomic mass is 32.1. The van der Waals surface area contributed by atoms with E-state index in [0.29, 0.717) is 17.5 Å². The van der Waals surface area contributed by atoms with Crippen LogP contribution in [0.2, 0.25) is 0 Å². The highest BCUT2D eigenvalue weighted by molar-refractivity contribution is 7.10. The molecule has 1 nitrogen and oxygen atoms in total. The lowest BCUT2D eigenvalue weighted by atomic mass is 9.73. The van der Waals surface area contributed by atoms with Crippen LogP contribution in [0, 0.1) is 5.41 Å². The molecule has 1 fully saturated rings. The zero-order chi connectivity index (χ0) is 12.3. The van der Waals surface area contributed by atoms with Crippen molar-refractivity contribution in [2.24, 2.45) is 5.41 Å². The van der Waals surface area contributed by atoms with Crippen LogP contribution in [0.5, 0.6) is 0 Å². The number of hydrogen-bond donors (Lipinski definition) is 1. The summed E-state index contributed by atoms with van der Waals surface area (Å²) in [5.41, 5.74) is 0.461. The van der Waals surface area contributed by atoms with Gasteiger partial charge in [-0.25, -0.2) is 0 Å². The van der Waals surface area contributed by atoms with Crippen LogP contribution in [0.15, 0.2) is 17.5 Å². The molecule has 1 heterocycles. The molecule has 0 amide bonds. The monoisotopic (exact) mass is 251 g/mol. The van der Waals surface area contributed by atoms with Gasteiger partial charge in [0.2, 0.25) is 0 Å². The molecule has 17 heavy (non-hydrogen) atoms. The number of thiophene rings is 1. The van der Waals surface area contributed by atoms with Gasteiger partial charge in [-0.1, -0.05) is 39.7 Å². The minimum Gasteiger partial charge on any atom is -0.306 e. The predicted octanol–water partition coefficient (Wildman–Crippen LogP) is 4.76. The maximum absolute atomic E-state index is 3.91. The van der Waals surface area contributed by atoms with Crippen LogP contribution in [0.1, 0.15) is 63.8 Å². The van der Waals surface area contributed by atoms with E-state index < -0.39 is 0 Å². The lowest BCUT2D eigenvalue weighted by Crippen LogP contribution is -2.45. The van der Waals surface area contributed by atoms with Crippen molar-refractivity contribution in [1.29, 1.82) is 0 Å². The second-order valence-corrected chi connectivity index (χ2v) is 6.91. The highest BCUT2D eigenvalue weighted by Gasteiger charge is 2.33. The van der Waals surface area contributed by atoms with E-state index in [2.05, 4.69) is 43.6 Å². The molecule has 0 spiro atoms. The Morgan fingerprint density at radius 1 is 1.47 bits per heavy atom. The quantitative estimate of drug-likeness (QED) is 0.813. The van der Waals surface area contributed by atoms with E-state index in [-0.39, 0.29) is 0 Å². The minimum atomic E-state index is 0.461. The van der Waals surface area contributed by atoms with Crippen molar-refractivity contribution in [2.45, 2.75) is 65.0 Å². The Morgan fingerprint density at radius 2 is 2.29 bits per heavy atom. The van der Waals surface area contributed by atoms with Crippen molar-refractivity contribution in [2.75, 3.05) is 0 Å². The molecule has 2 atom stereocenters. The largest absolute Gasteiger partial charge is 0.306 e. The number of hydrogen-bond acceptors (Lipinski definition) is 2. The summed E-state index contributed by atoms with van der Waals surface area (Å²) >= 11 is 1.88. The SMILES string of the molecule is CCC(NC1CCCCC1(C)C)c1cccs1. The molecular weight excluding hydrogens is 226 g/mol. The molecule has 1 aromatic heterocycles. The highest BCUT2D eigenvalue weighted by Crippen LogP contribution is 2.37. The summed E-state index contributed by atoms with van der Waals surface area (Å²) in [5.74, 6) is 0. The van der Waals surface area contributed by atoms with E-state index in [1.165, 1.54) is 37.0 Å². The molecule has 0 radical (unpaired) electrons. The maximum atomic E-state index is 3.91. The summed E-state index contributed by atoms with van der Waals surface area (Å²) in [7, 11) is 0. The van der Waals surface area contributed by atoms with Crippen LogP contribution in [-0.4, -0.2) is 6.04 Å². The lowest BCUT2D eigenvalue weighted by Gasteiger charge is -2.41. The van der Waals surface area contributed by atoms with Crippen LogP contribution in [0.3, 0.4) is 0 Å². The average molecular weight is 251 g/mol. The minimum absolute atomic E-state index is 0.461. The van der Waals surface area contributed by atoms with Gasteiger partial charge in [-0.05, 0) is 36.1 Å². The fourth-order valence-electron chi connectivity index (χ4n) is 2.94. The molecule has 1 aromatic rings. The maximum Gasteiger partial charge on any atom is 0.0414 e. The zero-order valence-corrected chi connectivity index (χ0v) is 12.1. The van der Waals surface area contributed by atoms with Gasteiger partial charge in [0.15, 0.2) is 0 Å². The van der Waals surface area contributed by atoms with Gasteiger partial charge in [-0.2, -0.15) is 0 Å². The van der Waals surface area contributed by atoms with Gasteiger partial charge in [0.1, 0.15) is 0 Å². The molecule has 1 N–H and O–H groups in total. The Morgan fingerprint density at radius 3 is 2.88 bits per heavy atom. The van der Waals surface area contributed by atoms with Crippen LogP contribution >= 0.6 is 11.3 Å². The van der Waals surface area contributed by atoms with E-state index in [1.807, 2.05) is 11.3 Å². The smallest absolute Gasteiger partial charge is 0.0414 e. The van der Waals surface area contributed by atoms with Gasteiger partial charge in [-0.3, -0.25) is 0 Å². The Kier molecular flexibility index (Phi) is 4.26. The molecule has 2 heteroatoms. The second-order valence-electron chi connectivity index (χ2n) is 5.93. The second kappa shape index (κ2) is 5.53. The van der Waals surface area contributed by atoms with E-state index in [0.717, 1.165) is 0 Å². The van der Waals surface area contributed by atoms with E-state index in [4.69, 9.17) is 0 Å². The first kappa shape index (κ1) is 13.1. The third-order valence-corrected chi connectivity index (χ3v) is 5.19. The summed E-state index contributed by atoms with van der Waals surface area (Å²) in [5, 5.41) is 6.09. The fraction of sp³-hybridized carbons (Fsp3) is 0.733. The van der Waals surface area contributed by atoms with Crippen LogP contribution in [-0.2, 0) is 0 Å². The van der Waals surface area contributed by atoms with E-state index in [9.17, 15) is 0 Å². The Balaban J connectivity index is 2.03. The summed E-state index contributed by atoms with van der Waals surface area (Å²) < 4.78 is 0. The number of nitrogens with one attached hydrogen (secondary N) is 1. The van der Waals surface area contributed by atoms with Crippen LogP contribution in [0.25, 0.3) is 0 Å². The van der Waals surface area contributed by atoms with Crippen molar-refractivity contribution in [3.8, 4) is 0 Å². The van der Waals surface area contributed by atoms with E-state index in [1.54, 1.807) is 0 Å². The summed E-state index contributed by atoms with van der Waals surface area (Å²) in [6.45, 7) is 7.13. The molecule has 2 rings (SSSR count). The molecule has 1 aliphatic rings. The molecule has 0 saturated heterocycles. The summed E-state index contributed by atoms with van der Waals surface area (Å²) in [6, 6.07) is 5.67. The van der Waals surface area contributed by atoms with Gasteiger partial charge in [-0.15, -0.1) is 11.3 Å². The Bertz CT molecular complexity index is 329. The molecule has 2 unspecified atom stereocenters. The topological polar surface area (TPSA) is 12.0 Å². The van der Waals surface area contributed by atoms with Crippen molar-refractivity contribution in [3.63, 3.8) is 0 Å². The van der Waals surface area contributed by atoms with Crippen molar-refractivity contribution < 1.29 is 0 Å². The van der Waals surface area contributed by atoms with Gasteiger partial charge in [0.05, 0.1) is 0 Å². The molecule has 1 saturated carbocycles. The van der Waals surface area contributed by atoms with Gasteiger partial charge in [0.25, 0.3) is 0 Å². The summed E-state index contributed by atoms with van der Waals surface area (Å²) in [4.78, 5) is 1.49. The van der Waals surface area contributed by atoms with Gasteiger partial charge >= 0.3 is 0 Å². The standard InChI is InChI=1S/C15H25NS/c1-4-12(13-8-7-11-17-13)16-14-9-5-6-10-15(14,2)3/h7-8,11-12,14,16H,4-6,9-10H2,1-3H3. The molecule has 0 bridgehead atoms. The van der Waals surface area contributed by atoms with Crippen molar-refractivity contribution in [1.82, 2.24) is 5.32 Å². The molecule has 0 aromatic carbocycles.